The van der Waals surface area contributed by atoms with Crippen molar-refractivity contribution in [3.63, 3.8) is 0 Å². The first-order valence-corrected chi connectivity index (χ1v) is 8.49. The van der Waals surface area contributed by atoms with Gasteiger partial charge in [0.15, 0.2) is 0 Å². The average Bonchev–Trinajstić information content (AvgIpc) is 2.90. The molecule has 2 rings (SSSR count). The van der Waals surface area contributed by atoms with Crippen molar-refractivity contribution >= 4 is 11.9 Å². The second-order valence-corrected chi connectivity index (χ2v) is 8.06. The molecule has 1 saturated heterocycles. The van der Waals surface area contributed by atoms with E-state index < -0.39 is 17.4 Å². The molecule has 0 aromatic rings. The Labute approximate surface area is 133 Å². The minimum absolute atomic E-state index is 0.00577. The van der Waals surface area contributed by atoms with Gasteiger partial charge in [0, 0.05) is 24.0 Å². The Morgan fingerprint density at radius 3 is 2.14 bits per heavy atom. The Hall–Kier alpha value is -1.10. The van der Waals surface area contributed by atoms with Crippen molar-refractivity contribution in [2.75, 3.05) is 6.54 Å². The highest BCUT2D eigenvalue weighted by Gasteiger charge is 2.41. The summed E-state index contributed by atoms with van der Waals surface area (Å²) in [4.78, 5) is 26.2. The first-order chi connectivity index (χ1) is 10.2. The number of nitrogens with one attached hydrogen (secondary N) is 1. The van der Waals surface area contributed by atoms with Crippen molar-refractivity contribution in [3.05, 3.63) is 0 Å². The van der Waals surface area contributed by atoms with Crippen molar-refractivity contribution in [3.8, 4) is 0 Å². The molecule has 0 aromatic carbocycles. The lowest BCUT2D eigenvalue weighted by Gasteiger charge is -2.42. The fourth-order valence-electron chi connectivity index (χ4n) is 3.65. The van der Waals surface area contributed by atoms with Crippen LogP contribution in [0.4, 0.5) is 0 Å². The second kappa shape index (κ2) is 6.57. The second-order valence-electron chi connectivity index (χ2n) is 8.06. The van der Waals surface area contributed by atoms with Crippen LogP contribution in [0.15, 0.2) is 0 Å². The van der Waals surface area contributed by atoms with E-state index in [0.29, 0.717) is 13.0 Å². The normalized spacial score (nSPS) is 32.7. The van der Waals surface area contributed by atoms with E-state index in [1.54, 1.807) is 0 Å². The van der Waals surface area contributed by atoms with Gasteiger partial charge in [-0.2, -0.15) is 0 Å². The van der Waals surface area contributed by atoms with Gasteiger partial charge in [-0.05, 0) is 38.0 Å². The molecular formula is C17H30N2O3. The number of hydrogen-bond acceptors (Lipinski definition) is 3. The first-order valence-electron chi connectivity index (χ1n) is 8.49. The highest BCUT2D eigenvalue weighted by molar-refractivity contribution is 5.82. The largest absolute Gasteiger partial charge is 0.480 e. The lowest BCUT2D eigenvalue weighted by molar-refractivity contribution is -0.146. The van der Waals surface area contributed by atoms with E-state index in [1.807, 2.05) is 25.7 Å². The van der Waals surface area contributed by atoms with Gasteiger partial charge in [0.2, 0.25) is 5.91 Å². The lowest BCUT2D eigenvalue weighted by Crippen LogP contribution is -2.53. The van der Waals surface area contributed by atoms with Gasteiger partial charge in [0.1, 0.15) is 6.04 Å². The summed E-state index contributed by atoms with van der Waals surface area (Å²) in [6.07, 6.45) is 4.90. The molecule has 5 heteroatoms. The van der Waals surface area contributed by atoms with Gasteiger partial charge in [0.05, 0.1) is 0 Å². The lowest BCUT2D eigenvalue weighted by atomic mass is 9.84. The molecule has 1 saturated carbocycles. The zero-order chi connectivity index (χ0) is 16.5. The molecule has 126 valence electrons. The molecule has 0 aromatic heterocycles. The van der Waals surface area contributed by atoms with E-state index in [9.17, 15) is 14.7 Å². The number of nitrogens with zero attached hydrogens (tertiary/aromatic N) is 1. The molecule has 0 bridgehead atoms. The number of hydrogen-bond donors (Lipinski definition) is 2. The van der Waals surface area contributed by atoms with Gasteiger partial charge in [-0.25, -0.2) is 0 Å². The van der Waals surface area contributed by atoms with E-state index in [1.165, 1.54) is 0 Å². The summed E-state index contributed by atoms with van der Waals surface area (Å²) in [7, 11) is 0. The van der Waals surface area contributed by atoms with Crippen LogP contribution in [-0.4, -0.2) is 46.6 Å². The Morgan fingerprint density at radius 2 is 1.68 bits per heavy atom. The van der Waals surface area contributed by atoms with Crippen LogP contribution in [0.5, 0.6) is 0 Å². The number of aliphatic carboxylic acids is 1. The topological polar surface area (TPSA) is 69.6 Å². The highest BCUT2D eigenvalue weighted by atomic mass is 16.4. The molecule has 5 nitrogen and oxygen atoms in total. The molecule has 0 spiro atoms. The Morgan fingerprint density at radius 1 is 1.09 bits per heavy atom. The maximum absolute atomic E-state index is 13.0. The fraction of sp³-hybridized carbons (Fsp3) is 0.882. The summed E-state index contributed by atoms with van der Waals surface area (Å²) in [5, 5.41) is 12.2. The predicted molar refractivity (Wildman–Crippen MR) is 85.6 cm³/mol. The maximum atomic E-state index is 13.0. The van der Waals surface area contributed by atoms with Crippen molar-refractivity contribution in [2.45, 2.75) is 77.9 Å². The Bertz CT molecular complexity index is 422. The van der Waals surface area contributed by atoms with Crippen LogP contribution in [0, 0.1) is 11.3 Å². The van der Waals surface area contributed by atoms with Crippen LogP contribution < -0.4 is 5.32 Å². The van der Waals surface area contributed by atoms with Crippen molar-refractivity contribution < 1.29 is 14.7 Å². The minimum atomic E-state index is -0.817. The maximum Gasteiger partial charge on any atom is 0.320 e. The quantitative estimate of drug-likeness (QED) is 0.839. The molecule has 2 aliphatic rings. The van der Waals surface area contributed by atoms with Crippen LogP contribution in [-0.2, 0) is 9.59 Å². The van der Waals surface area contributed by atoms with Crippen LogP contribution in [0.3, 0.4) is 0 Å². The first kappa shape index (κ1) is 17.3. The summed E-state index contributed by atoms with van der Waals surface area (Å²) in [6, 6.07) is -0.253. The van der Waals surface area contributed by atoms with E-state index in [0.717, 1.165) is 31.6 Å². The predicted octanol–water partition coefficient (Wildman–Crippen LogP) is 2.25. The number of amides is 1. The van der Waals surface area contributed by atoms with Gasteiger partial charge in [-0.3, -0.25) is 9.59 Å². The molecular weight excluding hydrogens is 280 g/mol. The van der Waals surface area contributed by atoms with Gasteiger partial charge in [-0.1, -0.05) is 27.7 Å². The molecule has 1 aliphatic heterocycles. The summed E-state index contributed by atoms with van der Waals surface area (Å²) in [5.41, 5.74) is -0.426. The average molecular weight is 310 g/mol. The van der Waals surface area contributed by atoms with E-state index >= 15 is 0 Å². The van der Waals surface area contributed by atoms with Gasteiger partial charge >= 0.3 is 5.97 Å². The summed E-state index contributed by atoms with van der Waals surface area (Å²) in [5.74, 6) is 0.0733. The van der Waals surface area contributed by atoms with Gasteiger partial charge in [-0.15, -0.1) is 0 Å². The molecule has 2 fully saturated rings. The van der Waals surface area contributed by atoms with Gasteiger partial charge < -0.3 is 15.3 Å². The molecule has 1 amide bonds. The molecule has 0 radical (unpaired) electrons. The third kappa shape index (κ3) is 3.80. The molecule has 2 unspecified atom stereocenters. The SMILES string of the molecule is CC1CCC(N(C(=O)C(C)(C)C)C2CNC(C(=O)O)C2)CC1. The summed E-state index contributed by atoms with van der Waals surface area (Å²) >= 11 is 0. The Kier molecular flexibility index (Phi) is 5.15. The van der Waals surface area contributed by atoms with E-state index in [2.05, 4.69) is 12.2 Å². The van der Waals surface area contributed by atoms with Crippen LogP contribution >= 0.6 is 0 Å². The van der Waals surface area contributed by atoms with E-state index in [-0.39, 0.29) is 18.0 Å². The number of carbonyl (C=O) groups is 2. The number of carboxylic acid groups (broad SMARTS) is 1. The third-order valence-electron chi connectivity index (χ3n) is 5.05. The third-order valence-corrected chi connectivity index (χ3v) is 5.05. The zero-order valence-corrected chi connectivity index (χ0v) is 14.3. The highest BCUT2D eigenvalue weighted by Crippen LogP contribution is 2.33. The summed E-state index contributed by atoms with van der Waals surface area (Å²) in [6.45, 7) is 8.70. The molecule has 2 N–H and O–H groups in total. The van der Waals surface area contributed by atoms with Crippen LogP contribution in [0.25, 0.3) is 0 Å². The number of carbonyl (C=O) groups excluding carboxylic acids is 1. The summed E-state index contributed by atoms with van der Waals surface area (Å²) < 4.78 is 0. The van der Waals surface area contributed by atoms with Crippen molar-refractivity contribution in [1.29, 1.82) is 0 Å². The fourth-order valence-corrected chi connectivity index (χ4v) is 3.65. The van der Waals surface area contributed by atoms with Crippen LogP contribution in [0.2, 0.25) is 0 Å². The number of rotatable bonds is 3. The molecule has 22 heavy (non-hydrogen) atoms. The minimum Gasteiger partial charge on any atom is -0.480 e. The standard InChI is InChI=1S/C17H30N2O3/c1-11-5-7-12(8-6-11)19(16(22)17(2,3)4)13-9-14(15(20)21)18-10-13/h11-14,18H,5-10H2,1-4H3,(H,20,21). The van der Waals surface area contributed by atoms with Crippen molar-refractivity contribution in [1.82, 2.24) is 10.2 Å². The number of carboxylic acids is 1. The van der Waals surface area contributed by atoms with E-state index in [4.69, 9.17) is 0 Å². The van der Waals surface area contributed by atoms with Crippen LogP contribution in [0.1, 0.15) is 59.8 Å². The molecule has 1 heterocycles. The van der Waals surface area contributed by atoms with Gasteiger partial charge in [0.25, 0.3) is 0 Å². The zero-order valence-electron chi connectivity index (χ0n) is 14.3. The monoisotopic (exact) mass is 310 g/mol. The Balaban J connectivity index is 2.15. The molecule has 1 aliphatic carbocycles. The van der Waals surface area contributed by atoms with Crippen molar-refractivity contribution in [2.24, 2.45) is 11.3 Å². The molecule has 2 atom stereocenters. The smallest absolute Gasteiger partial charge is 0.320 e.